The molecule has 3 rings (SSSR count). The summed E-state index contributed by atoms with van der Waals surface area (Å²) in [5.41, 5.74) is 1.10. The van der Waals surface area contributed by atoms with Crippen molar-refractivity contribution < 1.29 is 4.74 Å². The lowest BCUT2D eigenvalue weighted by atomic mass is 10.2. The predicted molar refractivity (Wildman–Crippen MR) is 102 cm³/mol. The fourth-order valence-corrected chi connectivity index (χ4v) is 3.29. The van der Waals surface area contributed by atoms with Crippen LogP contribution in [0.25, 0.3) is 0 Å². The second-order valence-corrected chi connectivity index (χ2v) is 6.81. The first-order chi connectivity index (χ1) is 12.1. The van der Waals surface area contributed by atoms with Crippen LogP contribution < -0.4 is 15.0 Å². The summed E-state index contributed by atoms with van der Waals surface area (Å²) in [5.74, 6) is 2.30. The predicted octanol–water partition coefficient (Wildman–Crippen LogP) is 2.89. The summed E-state index contributed by atoms with van der Waals surface area (Å²) in [6, 6.07) is 8.20. The summed E-state index contributed by atoms with van der Waals surface area (Å²) in [4.78, 5) is 13.1. The summed E-state index contributed by atoms with van der Waals surface area (Å²) < 4.78 is 5.30. The van der Waals surface area contributed by atoms with E-state index in [1.54, 1.807) is 13.3 Å². The number of anilines is 2. The number of benzene rings is 1. The molecule has 0 spiro atoms. The molecule has 6 nitrogen and oxygen atoms in total. The SMILES string of the molecule is COc1cccc(CN2CCC(Nc3ccnc(N(C)C)n3)C2)c1Cl. The van der Waals surface area contributed by atoms with E-state index in [0.29, 0.717) is 17.0 Å². The van der Waals surface area contributed by atoms with E-state index < -0.39 is 0 Å². The van der Waals surface area contributed by atoms with Crippen molar-refractivity contribution in [2.45, 2.75) is 19.0 Å². The van der Waals surface area contributed by atoms with Gasteiger partial charge >= 0.3 is 0 Å². The fourth-order valence-electron chi connectivity index (χ4n) is 3.02. The first-order valence-electron chi connectivity index (χ1n) is 8.37. The second kappa shape index (κ2) is 7.89. The highest BCUT2D eigenvalue weighted by atomic mass is 35.5. The maximum Gasteiger partial charge on any atom is 0.226 e. The Kier molecular flexibility index (Phi) is 5.60. The van der Waals surface area contributed by atoms with Crippen molar-refractivity contribution in [3.8, 4) is 5.75 Å². The van der Waals surface area contributed by atoms with Gasteiger partial charge in [0.05, 0.1) is 12.1 Å². The molecule has 1 N–H and O–H groups in total. The molecule has 1 aliphatic heterocycles. The second-order valence-electron chi connectivity index (χ2n) is 6.43. The van der Waals surface area contributed by atoms with Gasteiger partial charge < -0.3 is 15.0 Å². The van der Waals surface area contributed by atoms with Gasteiger partial charge in [0.1, 0.15) is 11.6 Å². The molecule has 1 aromatic carbocycles. The first-order valence-corrected chi connectivity index (χ1v) is 8.75. The van der Waals surface area contributed by atoms with E-state index >= 15 is 0 Å². The van der Waals surface area contributed by atoms with Gasteiger partial charge in [0, 0.05) is 46.0 Å². The summed E-state index contributed by atoms with van der Waals surface area (Å²) in [6.45, 7) is 2.80. The third kappa shape index (κ3) is 4.32. The lowest BCUT2D eigenvalue weighted by Crippen LogP contribution is -2.26. The molecule has 1 aromatic heterocycles. The van der Waals surface area contributed by atoms with Crippen molar-refractivity contribution in [3.63, 3.8) is 0 Å². The zero-order chi connectivity index (χ0) is 17.8. The van der Waals surface area contributed by atoms with Gasteiger partial charge in [-0.15, -0.1) is 0 Å². The number of nitrogens with one attached hydrogen (secondary N) is 1. The molecule has 1 fully saturated rings. The van der Waals surface area contributed by atoms with Gasteiger partial charge in [-0.3, -0.25) is 4.90 Å². The van der Waals surface area contributed by atoms with Crippen molar-refractivity contribution in [3.05, 3.63) is 41.0 Å². The number of halogens is 1. The highest BCUT2D eigenvalue weighted by molar-refractivity contribution is 6.32. The highest BCUT2D eigenvalue weighted by Crippen LogP contribution is 2.29. The Hall–Kier alpha value is -2.05. The number of nitrogens with zero attached hydrogens (tertiary/aromatic N) is 4. The minimum atomic E-state index is 0.370. The molecule has 0 aliphatic carbocycles. The zero-order valence-corrected chi connectivity index (χ0v) is 15.6. The molecule has 25 heavy (non-hydrogen) atoms. The van der Waals surface area contributed by atoms with Crippen molar-refractivity contribution in [2.24, 2.45) is 0 Å². The zero-order valence-electron chi connectivity index (χ0n) is 14.9. The number of hydrogen-bond donors (Lipinski definition) is 1. The summed E-state index contributed by atoms with van der Waals surface area (Å²) in [7, 11) is 5.52. The Bertz CT molecular complexity index is 724. The van der Waals surface area contributed by atoms with E-state index in [4.69, 9.17) is 16.3 Å². The molecular formula is C18H24ClN5O. The fraction of sp³-hybridized carbons (Fsp3) is 0.444. The molecule has 1 aliphatic rings. The smallest absolute Gasteiger partial charge is 0.226 e. The molecular weight excluding hydrogens is 338 g/mol. The number of likely N-dealkylation sites (tertiary alicyclic amines) is 1. The normalized spacial score (nSPS) is 17.5. The van der Waals surface area contributed by atoms with Gasteiger partial charge in [0.2, 0.25) is 5.95 Å². The van der Waals surface area contributed by atoms with E-state index in [0.717, 1.165) is 43.2 Å². The van der Waals surface area contributed by atoms with Crippen LogP contribution in [0.5, 0.6) is 5.75 Å². The van der Waals surface area contributed by atoms with Crippen molar-refractivity contribution in [1.82, 2.24) is 14.9 Å². The highest BCUT2D eigenvalue weighted by Gasteiger charge is 2.23. The Balaban J connectivity index is 1.60. The summed E-state index contributed by atoms with van der Waals surface area (Å²) in [5, 5.41) is 4.21. The average Bonchev–Trinajstić information content (AvgIpc) is 3.04. The Morgan fingerprint density at radius 2 is 2.20 bits per heavy atom. The molecule has 2 heterocycles. The van der Waals surface area contributed by atoms with Crippen LogP contribution >= 0.6 is 11.6 Å². The van der Waals surface area contributed by atoms with Crippen LogP contribution in [-0.2, 0) is 6.54 Å². The van der Waals surface area contributed by atoms with Gasteiger partial charge in [0.25, 0.3) is 0 Å². The molecule has 0 amide bonds. The quantitative estimate of drug-likeness (QED) is 0.853. The van der Waals surface area contributed by atoms with Gasteiger partial charge in [-0.25, -0.2) is 4.98 Å². The van der Waals surface area contributed by atoms with E-state index in [9.17, 15) is 0 Å². The largest absolute Gasteiger partial charge is 0.495 e. The average molecular weight is 362 g/mol. The van der Waals surface area contributed by atoms with Gasteiger partial charge in [-0.2, -0.15) is 4.98 Å². The number of ether oxygens (including phenoxy) is 1. The molecule has 134 valence electrons. The third-order valence-corrected chi connectivity index (χ3v) is 4.75. The van der Waals surface area contributed by atoms with E-state index in [-0.39, 0.29) is 0 Å². The Morgan fingerprint density at radius 3 is 2.96 bits per heavy atom. The van der Waals surface area contributed by atoms with E-state index in [1.807, 2.05) is 37.2 Å². The molecule has 1 unspecified atom stereocenters. The van der Waals surface area contributed by atoms with E-state index in [2.05, 4.69) is 26.3 Å². The summed E-state index contributed by atoms with van der Waals surface area (Å²) >= 11 is 6.41. The van der Waals surface area contributed by atoms with Crippen molar-refractivity contribution in [2.75, 3.05) is 44.5 Å². The monoisotopic (exact) mass is 361 g/mol. The lowest BCUT2D eigenvalue weighted by Gasteiger charge is -2.19. The third-order valence-electron chi connectivity index (χ3n) is 4.32. The van der Waals surface area contributed by atoms with Crippen LogP contribution in [0, 0.1) is 0 Å². The minimum Gasteiger partial charge on any atom is -0.495 e. The number of methoxy groups -OCH3 is 1. The van der Waals surface area contributed by atoms with Gasteiger partial charge in [0.15, 0.2) is 0 Å². The molecule has 7 heteroatoms. The topological polar surface area (TPSA) is 53.5 Å². The van der Waals surface area contributed by atoms with Crippen LogP contribution in [-0.4, -0.2) is 55.2 Å². The van der Waals surface area contributed by atoms with E-state index in [1.165, 1.54) is 0 Å². The minimum absolute atomic E-state index is 0.370. The van der Waals surface area contributed by atoms with Crippen LogP contribution in [0.1, 0.15) is 12.0 Å². The molecule has 0 radical (unpaired) electrons. The lowest BCUT2D eigenvalue weighted by molar-refractivity contribution is 0.327. The summed E-state index contributed by atoms with van der Waals surface area (Å²) in [6.07, 6.45) is 2.86. The van der Waals surface area contributed by atoms with Crippen molar-refractivity contribution in [1.29, 1.82) is 0 Å². The molecule has 1 saturated heterocycles. The number of aromatic nitrogens is 2. The Morgan fingerprint density at radius 1 is 1.36 bits per heavy atom. The first kappa shape index (κ1) is 17.8. The molecule has 0 saturated carbocycles. The number of hydrogen-bond acceptors (Lipinski definition) is 6. The van der Waals surface area contributed by atoms with Gasteiger partial charge in [-0.05, 0) is 24.1 Å². The van der Waals surface area contributed by atoms with Crippen LogP contribution in [0.2, 0.25) is 5.02 Å². The van der Waals surface area contributed by atoms with Gasteiger partial charge in [-0.1, -0.05) is 23.7 Å². The maximum atomic E-state index is 6.41. The van der Waals surface area contributed by atoms with Crippen molar-refractivity contribution >= 4 is 23.4 Å². The Labute approximate surface area is 153 Å². The van der Waals surface area contributed by atoms with Crippen LogP contribution in [0.3, 0.4) is 0 Å². The molecule has 0 bridgehead atoms. The molecule has 1 atom stereocenters. The molecule has 2 aromatic rings. The van der Waals surface area contributed by atoms with Crippen LogP contribution in [0.4, 0.5) is 11.8 Å². The number of rotatable bonds is 6. The standard InChI is InChI=1S/C18H24ClN5O/c1-23(2)18-20-9-7-16(22-18)21-14-8-10-24(12-14)11-13-5-4-6-15(25-3)17(13)19/h4-7,9,14H,8,10-12H2,1-3H3,(H,20,21,22). The van der Waals surface area contributed by atoms with Crippen LogP contribution in [0.15, 0.2) is 30.5 Å². The maximum absolute atomic E-state index is 6.41.